The van der Waals surface area contributed by atoms with Crippen LogP contribution in [0.15, 0.2) is 18.2 Å². The fourth-order valence-electron chi connectivity index (χ4n) is 2.80. The fraction of sp³-hybridized carbons (Fsp3) is 0.333. The molecule has 5 nitrogen and oxygen atoms in total. The predicted octanol–water partition coefficient (Wildman–Crippen LogP) is 3.10. The van der Waals surface area contributed by atoms with E-state index in [1.807, 2.05) is 0 Å². The van der Waals surface area contributed by atoms with E-state index < -0.39 is 6.10 Å². The van der Waals surface area contributed by atoms with Crippen molar-refractivity contribution in [1.29, 1.82) is 0 Å². The van der Waals surface area contributed by atoms with Crippen molar-refractivity contribution in [2.24, 2.45) is 0 Å². The summed E-state index contributed by atoms with van der Waals surface area (Å²) >= 11 is 0. The highest BCUT2D eigenvalue weighted by atomic mass is 16.3. The molecule has 2 aromatic rings. The van der Waals surface area contributed by atoms with Gasteiger partial charge in [-0.15, -0.1) is 0 Å². The molecule has 0 saturated heterocycles. The number of aromatic hydroxyl groups is 4. The van der Waals surface area contributed by atoms with E-state index in [0.29, 0.717) is 34.2 Å². The van der Waals surface area contributed by atoms with Crippen molar-refractivity contribution >= 4 is 0 Å². The summed E-state index contributed by atoms with van der Waals surface area (Å²) < 4.78 is 0. The van der Waals surface area contributed by atoms with Gasteiger partial charge in [0.15, 0.2) is 0 Å². The molecule has 0 aromatic heterocycles. The van der Waals surface area contributed by atoms with E-state index in [4.69, 9.17) is 0 Å². The number of hydrogen-bond acceptors (Lipinski definition) is 5. The second-order valence-corrected chi connectivity index (χ2v) is 5.90. The first kappa shape index (κ1) is 17.0. The lowest BCUT2D eigenvalue weighted by Gasteiger charge is -2.20. The zero-order valence-corrected chi connectivity index (χ0v) is 13.5. The van der Waals surface area contributed by atoms with E-state index in [1.165, 1.54) is 18.2 Å². The Balaban J connectivity index is 2.26. The first-order chi connectivity index (χ1) is 10.7. The van der Waals surface area contributed by atoms with Gasteiger partial charge in [-0.1, -0.05) is 0 Å². The molecule has 5 heteroatoms. The maximum Gasteiger partial charge on any atom is 0.125 e. The zero-order chi connectivity index (χ0) is 17.3. The van der Waals surface area contributed by atoms with Gasteiger partial charge in [-0.2, -0.15) is 0 Å². The lowest BCUT2D eigenvalue weighted by atomic mass is 9.91. The number of aliphatic hydroxyl groups excluding tert-OH is 1. The number of hydrogen-bond donors (Lipinski definition) is 5. The Bertz CT molecular complexity index is 687. The summed E-state index contributed by atoms with van der Waals surface area (Å²) in [6, 6.07) is 4.26. The van der Waals surface area contributed by atoms with E-state index in [-0.39, 0.29) is 29.4 Å². The molecule has 1 unspecified atom stereocenters. The summed E-state index contributed by atoms with van der Waals surface area (Å²) in [5.41, 5.74) is 2.57. The maximum atomic E-state index is 10.4. The van der Waals surface area contributed by atoms with Crippen LogP contribution in [0.25, 0.3) is 0 Å². The van der Waals surface area contributed by atoms with Gasteiger partial charge in [0.25, 0.3) is 0 Å². The Labute approximate surface area is 135 Å². The van der Waals surface area contributed by atoms with Crippen LogP contribution in [0, 0.1) is 20.8 Å². The summed E-state index contributed by atoms with van der Waals surface area (Å²) in [6.45, 7) is 5.05. The fourth-order valence-corrected chi connectivity index (χ4v) is 2.80. The molecule has 0 aliphatic rings. The van der Waals surface area contributed by atoms with E-state index in [2.05, 4.69) is 0 Å². The van der Waals surface area contributed by atoms with Crippen molar-refractivity contribution in [3.05, 3.63) is 46.0 Å². The highest BCUT2D eigenvalue weighted by Crippen LogP contribution is 2.40. The molecular formula is C18H22O5. The minimum atomic E-state index is -0.968. The van der Waals surface area contributed by atoms with Crippen LogP contribution in [-0.2, 0) is 6.42 Å². The van der Waals surface area contributed by atoms with E-state index in [0.717, 1.165) is 0 Å². The Morgan fingerprint density at radius 1 is 0.783 bits per heavy atom. The van der Waals surface area contributed by atoms with Crippen LogP contribution in [0.4, 0.5) is 0 Å². The van der Waals surface area contributed by atoms with Gasteiger partial charge in [0.2, 0.25) is 0 Å². The average Bonchev–Trinajstić information content (AvgIpc) is 2.48. The summed E-state index contributed by atoms with van der Waals surface area (Å²) in [7, 11) is 0. The Morgan fingerprint density at radius 3 is 1.87 bits per heavy atom. The molecule has 2 aromatic carbocycles. The molecule has 0 aliphatic heterocycles. The van der Waals surface area contributed by atoms with Gasteiger partial charge in [0.05, 0.1) is 6.10 Å². The minimum absolute atomic E-state index is 0.0101. The number of benzene rings is 2. The molecule has 0 heterocycles. The molecule has 1 atom stereocenters. The van der Waals surface area contributed by atoms with Crippen LogP contribution in [0.3, 0.4) is 0 Å². The van der Waals surface area contributed by atoms with E-state index in [1.54, 1.807) is 20.8 Å². The molecule has 0 amide bonds. The van der Waals surface area contributed by atoms with Gasteiger partial charge in [-0.25, -0.2) is 0 Å². The van der Waals surface area contributed by atoms with Crippen molar-refractivity contribution in [2.45, 2.75) is 39.7 Å². The van der Waals surface area contributed by atoms with Crippen molar-refractivity contribution in [1.82, 2.24) is 0 Å². The molecule has 0 aliphatic carbocycles. The third kappa shape index (κ3) is 3.35. The van der Waals surface area contributed by atoms with Gasteiger partial charge in [-0.3, -0.25) is 0 Å². The number of aliphatic hydroxyl groups is 1. The van der Waals surface area contributed by atoms with Crippen LogP contribution in [0.2, 0.25) is 0 Å². The highest BCUT2D eigenvalue weighted by molar-refractivity contribution is 5.57. The Kier molecular flexibility index (Phi) is 4.71. The van der Waals surface area contributed by atoms with Gasteiger partial charge >= 0.3 is 0 Å². The Hall–Kier alpha value is -2.40. The summed E-state index contributed by atoms with van der Waals surface area (Å²) in [6.07, 6.45) is -0.292. The summed E-state index contributed by atoms with van der Waals surface area (Å²) in [5, 5.41) is 49.8. The largest absolute Gasteiger partial charge is 0.508 e. The second-order valence-electron chi connectivity index (χ2n) is 5.90. The number of rotatable bonds is 4. The standard InChI is InChI=1S/C18H22O5/c1-9-10(2)18(23)16(11(3)17(9)22)15(21)5-4-12-6-13(19)8-14(20)7-12/h6-8,15,19-23H,4-5H2,1-3H3. The van der Waals surface area contributed by atoms with Gasteiger partial charge < -0.3 is 25.5 Å². The van der Waals surface area contributed by atoms with Crippen molar-refractivity contribution in [2.75, 3.05) is 0 Å². The van der Waals surface area contributed by atoms with Crippen molar-refractivity contribution < 1.29 is 25.5 Å². The topological polar surface area (TPSA) is 101 Å². The lowest BCUT2D eigenvalue weighted by Crippen LogP contribution is -2.05. The minimum Gasteiger partial charge on any atom is -0.508 e. The van der Waals surface area contributed by atoms with Crippen LogP contribution < -0.4 is 0 Å². The highest BCUT2D eigenvalue weighted by Gasteiger charge is 2.22. The summed E-state index contributed by atoms with van der Waals surface area (Å²) in [4.78, 5) is 0. The predicted molar refractivity (Wildman–Crippen MR) is 87.0 cm³/mol. The normalized spacial score (nSPS) is 12.3. The number of aryl methyl sites for hydroxylation is 1. The molecule has 124 valence electrons. The monoisotopic (exact) mass is 318 g/mol. The molecule has 2 rings (SSSR count). The summed E-state index contributed by atoms with van der Waals surface area (Å²) in [5.74, 6) is -0.0249. The van der Waals surface area contributed by atoms with Crippen LogP contribution in [0.5, 0.6) is 23.0 Å². The first-order valence-corrected chi connectivity index (χ1v) is 7.44. The average molecular weight is 318 g/mol. The van der Waals surface area contributed by atoms with Crippen molar-refractivity contribution in [3.8, 4) is 23.0 Å². The lowest BCUT2D eigenvalue weighted by molar-refractivity contribution is 0.162. The molecule has 0 fully saturated rings. The smallest absolute Gasteiger partial charge is 0.125 e. The van der Waals surface area contributed by atoms with Crippen LogP contribution in [-0.4, -0.2) is 25.5 Å². The van der Waals surface area contributed by atoms with Crippen LogP contribution >= 0.6 is 0 Å². The quantitative estimate of drug-likeness (QED) is 0.558. The third-order valence-electron chi connectivity index (χ3n) is 4.29. The molecule has 0 spiro atoms. The molecular weight excluding hydrogens is 296 g/mol. The molecule has 23 heavy (non-hydrogen) atoms. The number of phenols is 4. The van der Waals surface area contributed by atoms with E-state index >= 15 is 0 Å². The van der Waals surface area contributed by atoms with E-state index in [9.17, 15) is 25.5 Å². The van der Waals surface area contributed by atoms with Crippen molar-refractivity contribution in [3.63, 3.8) is 0 Å². The molecule has 0 bridgehead atoms. The van der Waals surface area contributed by atoms with Crippen LogP contribution in [0.1, 0.15) is 40.3 Å². The number of phenolic OH excluding ortho intramolecular Hbond substituents is 4. The SMILES string of the molecule is Cc1c(C)c(O)c(C(O)CCc2cc(O)cc(O)c2)c(C)c1O. The Morgan fingerprint density at radius 2 is 1.30 bits per heavy atom. The molecule has 5 N–H and O–H groups in total. The zero-order valence-electron chi connectivity index (χ0n) is 13.5. The molecule has 0 radical (unpaired) electrons. The van der Waals surface area contributed by atoms with Gasteiger partial charge in [0, 0.05) is 17.2 Å². The van der Waals surface area contributed by atoms with Gasteiger partial charge in [-0.05, 0) is 62.4 Å². The first-order valence-electron chi connectivity index (χ1n) is 7.44. The molecule has 0 saturated carbocycles. The second kappa shape index (κ2) is 6.38. The third-order valence-corrected chi connectivity index (χ3v) is 4.29. The maximum absolute atomic E-state index is 10.4. The van der Waals surface area contributed by atoms with Gasteiger partial charge in [0.1, 0.15) is 23.0 Å².